The Morgan fingerprint density at radius 3 is 2.62 bits per heavy atom. The number of carbonyl (C=O) groups excluding carboxylic acids is 1. The molecule has 2 fully saturated rings. The molecule has 2 aromatic carbocycles. The molecule has 0 spiro atoms. The fraction of sp³-hybridized carbons (Fsp3) is 0.429. The van der Waals surface area contributed by atoms with E-state index in [0.717, 1.165) is 98.6 Å². The summed E-state index contributed by atoms with van der Waals surface area (Å²) in [5.74, 6) is 0.941. The van der Waals surface area contributed by atoms with Gasteiger partial charge in [-0.3, -0.25) is 9.48 Å². The second kappa shape index (κ2) is 12.6. The Morgan fingerprint density at radius 1 is 1.04 bits per heavy atom. The van der Waals surface area contributed by atoms with Crippen molar-refractivity contribution in [3.05, 3.63) is 71.0 Å². The fourth-order valence-electron chi connectivity index (χ4n) is 7.05. The van der Waals surface area contributed by atoms with Crippen LogP contribution >= 0.6 is 0 Å². The quantitative estimate of drug-likeness (QED) is 0.300. The number of carbonyl (C=O) groups is 1. The SMILES string of the molecule is COc1cc(C(=O)NC2CCN(C3CCOCC3)CC2)ccc1Nc1ncc2c(n1)-c1c(nn(C)c1-c1ccccc1C)CC2. The highest BCUT2D eigenvalue weighted by molar-refractivity contribution is 5.95. The van der Waals surface area contributed by atoms with Gasteiger partial charge in [0.2, 0.25) is 5.95 Å². The lowest BCUT2D eigenvalue weighted by atomic mass is 9.90. The number of likely N-dealkylation sites (tertiary alicyclic amines) is 1. The van der Waals surface area contributed by atoms with Gasteiger partial charge in [-0.05, 0) is 74.8 Å². The summed E-state index contributed by atoms with van der Waals surface area (Å²) < 4.78 is 13.2. The lowest BCUT2D eigenvalue weighted by Gasteiger charge is -2.39. The van der Waals surface area contributed by atoms with Gasteiger partial charge in [0, 0.05) is 68.3 Å². The first-order valence-electron chi connectivity index (χ1n) is 16.0. The number of nitrogens with one attached hydrogen (secondary N) is 2. The van der Waals surface area contributed by atoms with Gasteiger partial charge >= 0.3 is 0 Å². The number of hydrogen-bond acceptors (Lipinski definition) is 8. The summed E-state index contributed by atoms with van der Waals surface area (Å²) in [5.41, 5.74) is 8.79. The topological polar surface area (TPSA) is 106 Å². The third-order valence-corrected chi connectivity index (χ3v) is 9.53. The first kappa shape index (κ1) is 29.4. The van der Waals surface area contributed by atoms with Gasteiger partial charge in [-0.15, -0.1) is 0 Å². The van der Waals surface area contributed by atoms with Crippen LogP contribution in [0.1, 0.15) is 52.9 Å². The molecular weight excluding hydrogens is 566 g/mol. The summed E-state index contributed by atoms with van der Waals surface area (Å²) in [7, 11) is 3.61. The highest BCUT2D eigenvalue weighted by atomic mass is 16.5. The minimum atomic E-state index is -0.0813. The van der Waals surface area contributed by atoms with E-state index in [0.29, 0.717) is 29.0 Å². The second-order valence-electron chi connectivity index (χ2n) is 12.3. The predicted octanol–water partition coefficient (Wildman–Crippen LogP) is 5.08. The van der Waals surface area contributed by atoms with Crippen molar-refractivity contribution < 1.29 is 14.3 Å². The molecule has 0 radical (unpaired) electrons. The lowest BCUT2D eigenvalue weighted by Crippen LogP contribution is -2.49. The van der Waals surface area contributed by atoms with Crippen molar-refractivity contribution in [3.8, 4) is 28.3 Å². The molecule has 10 heteroatoms. The van der Waals surface area contributed by atoms with E-state index in [1.54, 1.807) is 13.2 Å². The van der Waals surface area contributed by atoms with Crippen LogP contribution in [0.4, 0.5) is 11.6 Å². The van der Waals surface area contributed by atoms with Gasteiger partial charge in [0.25, 0.3) is 5.91 Å². The number of methoxy groups -OCH3 is 1. The molecule has 4 aromatic rings. The Hall–Kier alpha value is -4.28. The molecule has 1 aliphatic carbocycles. The number of aryl methyl sites for hydroxylation is 4. The summed E-state index contributed by atoms with van der Waals surface area (Å²) in [5, 5.41) is 11.5. The van der Waals surface area contributed by atoms with Crippen LogP contribution in [0, 0.1) is 6.92 Å². The first-order valence-corrected chi connectivity index (χ1v) is 16.0. The molecule has 0 atom stereocenters. The summed E-state index contributed by atoms with van der Waals surface area (Å²) in [6.45, 7) is 5.85. The van der Waals surface area contributed by atoms with Crippen molar-refractivity contribution >= 4 is 17.5 Å². The van der Waals surface area contributed by atoms with E-state index in [1.807, 2.05) is 30.1 Å². The molecule has 234 valence electrons. The van der Waals surface area contributed by atoms with Crippen LogP contribution in [0.15, 0.2) is 48.7 Å². The Kier molecular flexibility index (Phi) is 8.25. The van der Waals surface area contributed by atoms with Crippen molar-refractivity contribution in [1.82, 2.24) is 30.0 Å². The molecule has 0 unspecified atom stereocenters. The minimum absolute atomic E-state index is 0.0813. The molecule has 3 aliphatic rings. The van der Waals surface area contributed by atoms with Crippen molar-refractivity contribution in [2.45, 2.75) is 57.5 Å². The maximum Gasteiger partial charge on any atom is 0.251 e. The van der Waals surface area contributed by atoms with E-state index < -0.39 is 0 Å². The molecule has 2 N–H and O–H groups in total. The third-order valence-electron chi connectivity index (χ3n) is 9.53. The highest BCUT2D eigenvalue weighted by Crippen LogP contribution is 2.41. The van der Waals surface area contributed by atoms with Gasteiger partial charge in [-0.25, -0.2) is 9.97 Å². The average Bonchev–Trinajstić information content (AvgIpc) is 3.42. The van der Waals surface area contributed by atoms with Crippen LogP contribution in [0.2, 0.25) is 0 Å². The van der Waals surface area contributed by atoms with E-state index in [-0.39, 0.29) is 11.9 Å². The molecule has 2 saturated heterocycles. The molecule has 0 bridgehead atoms. The number of aromatic nitrogens is 4. The van der Waals surface area contributed by atoms with Gasteiger partial charge in [-0.2, -0.15) is 5.10 Å². The number of fused-ring (bicyclic) bond motifs is 3. The Morgan fingerprint density at radius 2 is 1.84 bits per heavy atom. The maximum absolute atomic E-state index is 13.2. The lowest BCUT2D eigenvalue weighted by molar-refractivity contribution is 0.0238. The molecule has 2 aromatic heterocycles. The van der Waals surface area contributed by atoms with E-state index in [4.69, 9.17) is 19.6 Å². The van der Waals surface area contributed by atoms with Crippen LogP contribution in [0.25, 0.3) is 22.5 Å². The number of rotatable bonds is 7. The molecule has 1 amide bonds. The average molecular weight is 608 g/mol. The molecule has 2 aliphatic heterocycles. The number of benzene rings is 2. The van der Waals surface area contributed by atoms with Crippen molar-refractivity contribution in [2.75, 3.05) is 38.7 Å². The van der Waals surface area contributed by atoms with Crippen LogP contribution in [0.5, 0.6) is 5.75 Å². The molecule has 45 heavy (non-hydrogen) atoms. The number of nitrogens with zero attached hydrogens (tertiary/aromatic N) is 5. The molecule has 0 saturated carbocycles. The normalized spacial score (nSPS) is 17.4. The summed E-state index contributed by atoms with van der Waals surface area (Å²) in [4.78, 5) is 25.5. The number of hydrogen-bond donors (Lipinski definition) is 2. The van der Waals surface area contributed by atoms with E-state index in [9.17, 15) is 4.79 Å². The summed E-state index contributed by atoms with van der Waals surface area (Å²) >= 11 is 0. The van der Waals surface area contributed by atoms with Gasteiger partial charge < -0.3 is 25.0 Å². The Labute approximate surface area is 264 Å². The minimum Gasteiger partial charge on any atom is -0.495 e. The molecular formula is C35H41N7O3. The second-order valence-corrected chi connectivity index (χ2v) is 12.3. The first-order chi connectivity index (χ1) is 22.0. The van der Waals surface area contributed by atoms with Gasteiger partial charge in [-0.1, -0.05) is 24.3 Å². The summed E-state index contributed by atoms with van der Waals surface area (Å²) in [6.07, 6.45) is 7.72. The zero-order valence-corrected chi connectivity index (χ0v) is 26.3. The van der Waals surface area contributed by atoms with E-state index >= 15 is 0 Å². The molecule has 10 nitrogen and oxygen atoms in total. The molecule has 7 rings (SSSR count). The third kappa shape index (κ3) is 5.92. The number of piperidine rings is 1. The number of amides is 1. The van der Waals surface area contributed by atoms with E-state index in [1.165, 1.54) is 5.56 Å². The largest absolute Gasteiger partial charge is 0.495 e. The maximum atomic E-state index is 13.2. The van der Waals surface area contributed by atoms with Crippen LogP contribution in [-0.4, -0.2) is 76.1 Å². The Bertz CT molecular complexity index is 1700. The van der Waals surface area contributed by atoms with Gasteiger partial charge in [0.05, 0.1) is 29.9 Å². The van der Waals surface area contributed by atoms with Gasteiger partial charge in [0.1, 0.15) is 5.75 Å². The molecule has 4 heterocycles. The fourth-order valence-corrected chi connectivity index (χ4v) is 7.05. The smallest absolute Gasteiger partial charge is 0.251 e. The monoisotopic (exact) mass is 607 g/mol. The summed E-state index contributed by atoms with van der Waals surface area (Å²) in [6, 6.07) is 14.6. The standard InChI is InChI=1S/C35H41N7O3/c1-22-6-4-5-7-27(22)33-31-29(40-41(33)2)11-9-24-21-36-35(39-32(24)31)38-28-10-8-23(20-30(28)44-3)34(43)37-25-12-16-42(17-13-25)26-14-18-45-19-15-26/h4-8,10,20-21,25-26H,9,11-19H2,1-3H3,(H,37,43)(H,36,38,39). The zero-order chi connectivity index (χ0) is 30.9. The van der Waals surface area contributed by atoms with Crippen LogP contribution < -0.4 is 15.4 Å². The van der Waals surface area contributed by atoms with Crippen molar-refractivity contribution in [2.24, 2.45) is 7.05 Å². The van der Waals surface area contributed by atoms with E-state index in [2.05, 4.69) is 51.7 Å². The number of ether oxygens (including phenoxy) is 2. The van der Waals surface area contributed by atoms with Gasteiger partial charge in [0.15, 0.2) is 0 Å². The Balaban J connectivity index is 1.07. The van der Waals surface area contributed by atoms with Crippen LogP contribution in [0.3, 0.4) is 0 Å². The predicted molar refractivity (Wildman–Crippen MR) is 174 cm³/mol. The highest BCUT2D eigenvalue weighted by Gasteiger charge is 2.29. The zero-order valence-electron chi connectivity index (χ0n) is 26.3. The number of anilines is 2. The van der Waals surface area contributed by atoms with Crippen molar-refractivity contribution in [3.63, 3.8) is 0 Å². The van der Waals surface area contributed by atoms with Crippen molar-refractivity contribution in [1.29, 1.82) is 0 Å². The van der Waals surface area contributed by atoms with Crippen LogP contribution in [-0.2, 0) is 24.6 Å².